The van der Waals surface area contributed by atoms with Gasteiger partial charge in [0.25, 0.3) is 5.91 Å². The van der Waals surface area contributed by atoms with Gasteiger partial charge in [-0.3, -0.25) is 24.6 Å². The Bertz CT molecular complexity index is 1340. The molecule has 2 N–H and O–H groups in total. The van der Waals surface area contributed by atoms with Gasteiger partial charge in [-0.2, -0.15) is 0 Å². The Balaban J connectivity index is 1.40. The molecule has 0 radical (unpaired) electrons. The number of nitrogens with zero attached hydrogens (tertiary/aromatic N) is 2. The van der Waals surface area contributed by atoms with Crippen LogP contribution in [0.2, 0.25) is 0 Å². The number of anilines is 1. The first-order valence-electron chi connectivity index (χ1n) is 13.2. The van der Waals surface area contributed by atoms with E-state index in [0.29, 0.717) is 37.6 Å². The minimum Gasteiger partial charge on any atom is -0.381 e. The number of ether oxygens (including phenoxy) is 1. The van der Waals surface area contributed by atoms with E-state index in [1.165, 1.54) is 0 Å². The molecule has 0 bridgehead atoms. The van der Waals surface area contributed by atoms with Crippen molar-refractivity contribution >= 4 is 23.4 Å². The zero-order chi connectivity index (χ0) is 27.2. The molecule has 9 heteroatoms. The van der Waals surface area contributed by atoms with Crippen molar-refractivity contribution in [1.29, 1.82) is 0 Å². The van der Waals surface area contributed by atoms with Crippen LogP contribution in [0.5, 0.6) is 0 Å². The second kappa shape index (κ2) is 9.52. The normalized spacial score (nSPS) is 24.7. The van der Waals surface area contributed by atoms with E-state index in [4.69, 9.17) is 10.2 Å². The van der Waals surface area contributed by atoms with Gasteiger partial charge >= 0.3 is 0 Å². The Labute approximate surface area is 202 Å². The summed E-state index contributed by atoms with van der Waals surface area (Å²) in [6.45, 7) is 2.28. The molecule has 1 unspecified atom stereocenters. The van der Waals surface area contributed by atoms with Crippen LogP contribution in [0.4, 0.5) is 10.1 Å². The number of benzene rings is 2. The summed E-state index contributed by atoms with van der Waals surface area (Å²) >= 11 is 0. The molecule has 0 saturated carbocycles. The number of fused-ring (bicyclic) bond motifs is 1. The molecule has 0 spiro atoms. The first kappa shape index (κ1) is 18.1. The number of hydrogen-bond acceptors (Lipinski definition) is 6. The highest BCUT2D eigenvalue weighted by molar-refractivity contribution is 6.06. The van der Waals surface area contributed by atoms with Crippen LogP contribution in [0.25, 0.3) is 0 Å². The summed E-state index contributed by atoms with van der Waals surface area (Å²) in [6, 6.07) is 1.90. The number of rotatable bonds is 6. The molecular formula is C25H27FN4O4. The highest BCUT2D eigenvalue weighted by Gasteiger charge is 2.39. The number of nitrogens with one attached hydrogen (secondary N) is 2. The number of imide groups is 1. The van der Waals surface area contributed by atoms with Crippen molar-refractivity contribution < 1.29 is 29.0 Å². The van der Waals surface area contributed by atoms with E-state index in [2.05, 4.69) is 10.6 Å². The zero-order valence-electron chi connectivity index (χ0n) is 22.5. The van der Waals surface area contributed by atoms with E-state index in [0.717, 1.165) is 4.90 Å². The Kier molecular flexibility index (Phi) is 5.06. The first-order chi connectivity index (χ1) is 18.1. The van der Waals surface area contributed by atoms with Crippen molar-refractivity contribution in [3.05, 3.63) is 64.4 Å². The van der Waals surface area contributed by atoms with E-state index < -0.39 is 35.6 Å². The predicted molar refractivity (Wildman–Crippen MR) is 122 cm³/mol. The van der Waals surface area contributed by atoms with E-state index in [9.17, 15) is 14.4 Å². The number of morpholine rings is 1. The number of carbonyl (C=O) groups excluding carboxylic acids is 3. The summed E-state index contributed by atoms with van der Waals surface area (Å²) in [5, 5.41) is 5.19. The van der Waals surface area contributed by atoms with Crippen molar-refractivity contribution in [2.24, 2.45) is 0 Å². The average Bonchev–Trinajstić information content (AvgIpc) is 3.26. The lowest BCUT2D eigenvalue weighted by atomic mass is 10.0. The molecule has 2 fully saturated rings. The zero-order valence-corrected chi connectivity index (χ0v) is 18.5. The molecule has 178 valence electrons. The van der Waals surface area contributed by atoms with Gasteiger partial charge in [-0.05, 0) is 36.2 Å². The van der Waals surface area contributed by atoms with E-state index in [1.54, 1.807) is 18.2 Å². The lowest BCUT2D eigenvalue weighted by molar-refractivity contribution is -0.136. The summed E-state index contributed by atoms with van der Waals surface area (Å²) in [5.74, 6) is -2.80. The van der Waals surface area contributed by atoms with Gasteiger partial charge < -0.3 is 15.0 Å². The smallest absolute Gasteiger partial charge is 0.255 e. The predicted octanol–water partition coefficient (Wildman–Crippen LogP) is 2.03. The molecule has 3 aliphatic heterocycles. The molecule has 3 heterocycles. The van der Waals surface area contributed by atoms with Gasteiger partial charge in [0.1, 0.15) is 11.8 Å². The minimum atomic E-state index is -1.93. The summed E-state index contributed by atoms with van der Waals surface area (Å²) in [6.07, 6.45) is -0.175. The number of carbonyl (C=O) groups is 3. The fraction of sp³-hybridized carbons (Fsp3) is 0.400. The molecule has 3 aliphatic rings. The maximum atomic E-state index is 15.1. The van der Waals surface area contributed by atoms with Crippen LogP contribution in [0.3, 0.4) is 0 Å². The third-order valence-corrected chi connectivity index (χ3v) is 6.23. The van der Waals surface area contributed by atoms with Crippen molar-refractivity contribution in [2.75, 3.05) is 31.6 Å². The van der Waals surface area contributed by atoms with Crippen LogP contribution >= 0.6 is 0 Å². The number of amides is 3. The SMILES string of the molecule is [2H]c1c([2H])c(CN2CCOCC2)c([2H])c(CNc2cccc3c2CN(C2([2H])CCC(=O)NC2=O)C3=O)c1F. The molecule has 2 aromatic carbocycles. The van der Waals surface area contributed by atoms with Gasteiger partial charge in [0, 0.05) is 61.5 Å². The van der Waals surface area contributed by atoms with Gasteiger partial charge in [0.2, 0.25) is 11.8 Å². The van der Waals surface area contributed by atoms with Crippen LogP contribution in [0.1, 0.15) is 45.4 Å². The number of piperidine rings is 1. The van der Waals surface area contributed by atoms with Gasteiger partial charge in [-0.15, -0.1) is 0 Å². The van der Waals surface area contributed by atoms with Gasteiger partial charge in [-0.25, -0.2) is 4.39 Å². The lowest BCUT2D eigenvalue weighted by Crippen LogP contribution is -2.52. The Morgan fingerprint density at radius 2 is 2.06 bits per heavy atom. The Hall–Kier alpha value is -3.30. The molecule has 2 saturated heterocycles. The molecule has 0 aliphatic carbocycles. The van der Waals surface area contributed by atoms with Crippen molar-refractivity contribution in [3.63, 3.8) is 0 Å². The monoisotopic (exact) mass is 470 g/mol. The average molecular weight is 471 g/mol. The Morgan fingerprint density at radius 3 is 2.85 bits per heavy atom. The van der Waals surface area contributed by atoms with Crippen LogP contribution < -0.4 is 10.6 Å². The van der Waals surface area contributed by atoms with Crippen LogP contribution in [0, 0.1) is 5.82 Å². The second-order valence-electron chi connectivity index (χ2n) is 8.44. The Morgan fingerprint density at radius 1 is 1.24 bits per heavy atom. The fourth-order valence-electron chi connectivity index (χ4n) is 4.42. The molecule has 3 amide bonds. The molecule has 5 rings (SSSR count). The van der Waals surface area contributed by atoms with Crippen LogP contribution in [-0.4, -0.2) is 59.8 Å². The van der Waals surface area contributed by atoms with E-state index in [-0.39, 0.29) is 61.3 Å². The quantitative estimate of drug-likeness (QED) is 0.628. The fourth-order valence-corrected chi connectivity index (χ4v) is 4.42. The standard InChI is InChI=1S/C25H27FN4O4/c26-20-5-4-16(14-29-8-10-34-11-9-29)12-17(20)13-27-21-3-1-2-18-19(21)15-30(25(18)33)22-6-7-23(31)28-24(22)32/h1-5,12,22,27H,6-11,13-15H2,(H,28,31,32)/i4D,5D,12D,22D. The van der Waals surface area contributed by atoms with Gasteiger partial charge in [0.05, 0.1) is 18.7 Å². The second-order valence-corrected chi connectivity index (χ2v) is 8.44. The summed E-state index contributed by atoms with van der Waals surface area (Å²) in [7, 11) is 0. The van der Waals surface area contributed by atoms with Gasteiger partial charge in [-0.1, -0.05) is 12.1 Å². The molecule has 34 heavy (non-hydrogen) atoms. The van der Waals surface area contributed by atoms with Crippen LogP contribution in [0.15, 0.2) is 36.3 Å². The topological polar surface area (TPSA) is 91.0 Å². The molecule has 0 aromatic heterocycles. The molecule has 1 atom stereocenters. The molecular weight excluding hydrogens is 439 g/mol. The van der Waals surface area contributed by atoms with Crippen LogP contribution in [-0.2, 0) is 34.0 Å². The minimum absolute atomic E-state index is 0.0553. The lowest BCUT2D eigenvalue weighted by Gasteiger charge is -2.29. The molecule has 8 nitrogen and oxygen atoms in total. The maximum Gasteiger partial charge on any atom is 0.255 e. The van der Waals surface area contributed by atoms with Crippen molar-refractivity contribution in [2.45, 2.75) is 38.5 Å². The van der Waals surface area contributed by atoms with E-state index in [1.807, 2.05) is 4.90 Å². The van der Waals surface area contributed by atoms with Gasteiger partial charge in [0.15, 0.2) is 0 Å². The third-order valence-electron chi connectivity index (χ3n) is 6.23. The number of hydrogen-bond donors (Lipinski definition) is 2. The highest BCUT2D eigenvalue weighted by atomic mass is 19.1. The van der Waals surface area contributed by atoms with Crippen molar-refractivity contribution in [1.82, 2.24) is 15.1 Å². The highest BCUT2D eigenvalue weighted by Crippen LogP contribution is 2.32. The summed E-state index contributed by atoms with van der Waals surface area (Å²) in [4.78, 5) is 40.3. The van der Waals surface area contributed by atoms with E-state index >= 15 is 4.39 Å². The third kappa shape index (κ3) is 4.53. The maximum absolute atomic E-state index is 15.1. The van der Waals surface area contributed by atoms with Crippen molar-refractivity contribution in [3.8, 4) is 0 Å². The number of halogens is 1. The largest absolute Gasteiger partial charge is 0.381 e. The summed E-state index contributed by atoms with van der Waals surface area (Å²) in [5.41, 5.74) is 1.47. The summed E-state index contributed by atoms with van der Waals surface area (Å²) < 4.78 is 54.1. The first-order valence-corrected chi connectivity index (χ1v) is 11.2. The molecule has 2 aromatic rings.